The molecule has 2 aromatic rings. The van der Waals surface area contributed by atoms with E-state index in [9.17, 15) is 0 Å². The fourth-order valence-electron chi connectivity index (χ4n) is 2.30. The molecular formula is C15H14N2O2. The first-order chi connectivity index (χ1) is 9.38. The molecule has 1 unspecified atom stereocenters. The van der Waals surface area contributed by atoms with Crippen LogP contribution in [0.15, 0.2) is 30.5 Å². The lowest BCUT2D eigenvalue weighted by Crippen LogP contribution is -2.16. The van der Waals surface area contributed by atoms with E-state index in [4.69, 9.17) is 14.7 Å². The van der Waals surface area contributed by atoms with Crippen LogP contribution in [0.4, 0.5) is 0 Å². The Morgan fingerprint density at radius 1 is 1.42 bits per heavy atom. The molecule has 0 radical (unpaired) electrons. The van der Waals surface area contributed by atoms with E-state index in [0.717, 1.165) is 30.4 Å². The molecule has 0 aliphatic carbocycles. The van der Waals surface area contributed by atoms with Crippen molar-refractivity contribution in [3.63, 3.8) is 0 Å². The molecule has 1 saturated heterocycles. The van der Waals surface area contributed by atoms with E-state index in [2.05, 4.69) is 11.1 Å². The molecule has 1 aromatic carbocycles. The van der Waals surface area contributed by atoms with Crippen molar-refractivity contribution in [3.8, 4) is 11.8 Å². The van der Waals surface area contributed by atoms with E-state index < -0.39 is 0 Å². The Hall–Kier alpha value is -2.12. The Balaban J connectivity index is 1.93. The van der Waals surface area contributed by atoms with Crippen molar-refractivity contribution < 1.29 is 9.47 Å². The summed E-state index contributed by atoms with van der Waals surface area (Å²) < 4.78 is 11.4. The summed E-state index contributed by atoms with van der Waals surface area (Å²) >= 11 is 0. The molecule has 0 amide bonds. The Labute approximate surface area is 111 Å². The van der Waals surface area contributed by atoms with E-state index in [0.29, 0.717) is 17.9 Å². The van der Waals surface area contributed by atoms with Gasteiger partial charge in [-0.15, -0.1) is 0 Å². The normalized spacial score (nSPS) is 18.4. The molecule has 0 spiro atoms. The summed E-state index contributed by atoms with van der Waals surface area (Å²) in [6.45, 7) is 1.29. The summed E-state index contributed by atoms with van der Waals surface area (Å²) in [5.41, 5.74) is 1.31. The van der Waals surface area contributed by atoms with Crippen molar-refractivity contribution in [2.45, 2.75) is 18.9 Å². The van der Waals surface area contributed by atoms with Crippen molar-refractivity contribution >= 4 is 10.9 Å². The van der Waals surface area contributed by atoms with E-state index in [1.165, 1.54) is 0 Å². The number of aromatic nitrogens is 1. The molecule has 1 atom stereocenters. The summed E-state index contributed by atoms with van der Waals surface area (Å²) in [7, 11) is 0. The van der Waals surface area contributed by atoms with Crippen LogP contribution in [0, 0.1) is 11.3 Å². The number of para-hydroxylation sites is 1. The van der Waals surface area contributed by atoms with Crippen molar-refractivity contribution in [2.75, 3.05) is 13.2 Å². The number of benzene rings is 1. The van der Waals surface area contributed by atoms with Gasteiger partial charge in [-0.2, -0.15) is 5.26 Å². The van der Waals surface area contributed by atoms with Gasteiger partial charge in [0.1, 0.15) is 24.0 Å². The highest BCUT2D eigenvalue weighted by molar-refractivity contribution is 5.87. The van der Waals surface area contributed by atoms with Gasteiger partial charge in [0.05, 0.1) is 11.6 Å². The van der Waals surface area contributed by atoms with Crippen LogP contribution < -0.4 is 4.74 Å². The van der Waals surface area contributed by atoms with Crippen molar-refractivity contribution in [1.82, 2.24) is 4.98 Å². The van der Waals surface area contributed by atoms with Crippen LogP contribution in [-0.4, -0.2) is 24.3 Å². The van der Waals surface area contributed by atoms with Gasteiger partial charge in [0.25, 0.3) is 0 Å². The summed E-state index contributed by atoms with van der Waals surface area (Å²) in [6.07, 6.45) is 3.80. The molecule has 4 nitrogen and oxygen atoms in total. The van der Waals surface area contributed by atoms with Crippen LogP contribution in [0.25, 0.3) is 10.9 Å². The van der Waals surface area contributed by atoms with Crippen LogP contribution in [0.3, 0.4) is 0 Å². The molecule has 19 heavy (non-hydrogen) atoms. The van der Waals surface area contributed by atoms with Crippen molar-refractivity contribution in [3.05, 3.63) is 36.0 Å². The average Bonchev–Trinajstić information content (AvgIpc) is 2.97. The van der Waals surface area contributed by atoms with Crippen LogP contribution in [0.1, 0.15) is 18.4 Å². The molecule has 0 N–H and O–H groups in total. The third-order valence-corrected chi connectivity index (χ3v) is 3.28. The third kappa shape index (κ3) is 2.38. The maximum absolute atomic E-state index is 9.17. The Morgan fingerprint density at radius 2 is 2.32 bits per heavy atom. The number of fused-ring (bicyclic) bond motifs is 1. The molecule has 1 aromatic heterocycles. The molecule has 3 rings (SSSR count). The number of rotatable bonds is 3. The van der Waals surface area contributed by atoms with Crippen LogP contribution in [0.2, 0.25) is 0 Å². The monoisotopic (exact) mass is 254 g/mol. The van der Waals surface area contributed by atoms with E-state index >= 15 is 0 Å². The van der Waals surface area contributed by atoms with Gasteiger partial charge >= 0.3 is 0 Å². The zero-order chi connectivity index (χ0) is 13.1. The second kappa shape index (κ2) is 5.25. The SMILES string of the molecule is N#Cc1cnc2ccccc2c1OCC1CCCO1. The van der Waals surface area contributed by atoms with Crippen LogP contribution >= 0.6 is 0 Å². The van der Waals surface area contributed by atoms with Crippen molar-refractivity contribution in [2.24, 2.45) is 0 Å². The van der Waals surface area contributed by atoms with E-state index in [-0.39, 0.29) is 6.10 Å². The van der Waals surface area contributed by atoms with Gasteiger partial charge < -0.3 is 9.47 Å². The summed E-state index contributed by atoms with van der Waals surface area (Å²) in [5.74, 6) is 0.614. The first kappa shape index (κ1) is 11.9. The number of hydrogen-bond donors (Lipinski definition) is 0. The lowest BCUT2D eigenvalue weighted by Gasteiger charge is -2.14. The zero-order valence-electron chi connectivity index (χ0n) is 10.5. The minimum Gasteiger partial charge on any atom is -0.489 e. The largest absolute Gasteiger partial charge is 0.489 e. The van der Waals surface area contributed by atoms with Gasteiger partial charge in [-0.1, -0.05) is 12.1 Å². The summed E-state index contributed by atoms with van der Waals surface area (Å²) in [5, 5.41) is 10.0. The fourth-order valence-corrected chi connectivity index (χ4v) is 2.30. The minimum atomic E-state index is 0.137. The van der Waals surface area contributed by atoms with E-state index in [1.807, 2.05) is 24.3 Å². The zero-order valence-corrected chi connectivity index (χ0v) is 10.5. The maximum Gasteiger partial charge on any atom is 0.148 e. The Bertz CT molecular complexity index is 628. The number of pyridine rings is 1. The smallest absolute Gasteiger partial charge is 0.148 e. The number of hydrogen-bond acceptors (Lipinski definition) is 4. The second-order valence-corrected chi connectivity index (χ2v) is 4.58. The maximum atomic E-state index is 9.17. The van der Waals surface area contributed by atoms with Gasteiger partial charge in [-0.25, -0.2) is 0 Å². The lowest BCUT2D eigenvalue weighted by atomic mass is 10.1. The van der Waals surface area contributed by atoms with Gasteiger partial charge in [0, 0.05) is 18.2 Å². The number of nitriles is 1. The first-order valence-corrected chi connectivity index (χ1v) is 6.41. The quantitative estimate of drug-likeness (QED) is 0.845. The average molecular weight is 254 g/mol. The Kier molecular flexibility index (Phi) is 3.30. The summed E-state index contributed by atoms with van der Waals surface area (Å²) in [4.78, 5) is 4.26. The molecule has 1 aliphatic rings. The molecule has 1 aliphatic heterocycles. The molecule has 96 valence electrons. The first-order valence-electron chi connectivity index (χ1n) is 6.41. The highest BCUT2D eigenvalue weighted by Gasteiger charge is 2.18. The van der Waals surface area contributed by atoms with Crippen molar-refractivity contribution in [1.29, 1.82) is 5.26 Å². The minimum absolute atomic E-state index is 0.137. The standard InChI is InChI=1S/C15H14N2O2/c16-8-11-9-17-14-6-2-1-5-13(14)15(11)19-10-12-4-3-7-18-12/h1-2,5-6,9,12H,3-4,7,10H2. The molecule has 0 bridgehead atoms. The molecule has 2 heterocycles. The molecule has 0 saturated carbocycles. The predicted molar refractivity (Wildman–Crippen MR) is 70.9 cm³/mol. The van der Waals surface area contributed by atoms with Gasteiger partial charge in [-0.3, -0.25) is 4.98 Å². The highest BCUT2D eigenvalue weighted by atomic mass is 16.5. The van der Waals surface area contributed by atoms with Crippen LogP contribution in [0.5, 0.6) is 5.75 Å². The fraction of sp³-hybridized carbons (Fsp3) is 0.333. The lowest BCUT2D eigenvalue weighted by molar-refractivity contribution is 0.0684. The number of ether oxygens (including phenoxy) is 2. The third-order valence-electron chi connectivity index (χ3n) is 3.28. The van der Waals surface area contributed by atoms with Gasteiger partial charge in [-0.05, 0) is 25.0 Å². The molecular weight excluding hydrogens is 240 g/mol. The van der Waals surface area contributed by atoms with E-state index in [1.54, 1.807) is 6.20 Å². The van der Waals surface area contributed by atoms with Gasteiger partial charge in [0.15, 0.2) is 0 Å². The van der Waals surface area contributed by atoms with Crippen LogP contribution in [-0.2, 0) is 4.74 Å². The highest BCUT2D eigenvalue weighted by Crippen LogP contribution is 2.28. The summed E-state index contributed by atoms with van der Waals surface area (Å²) in [6, 6.07) is 9.81. The number of nitrogens with zero attached hydrogens (tertiary/aromatic N) is 2. The molecule has 4 heteroatoms. The second-order valence-electron chi connectivity index (χ2n) is 4.58. The van der Waals surface area contributed by atoms with Gasteiger partial charge in [0.2, 0.25) is 0 Å². The predicted octanol–water partition coefficient (Wildman–Crippen LogP) is 2.66. The Morgan fingerprint density at radius 3 is 3.11 bits per heavy atom. The molecule has 1 fully saturated rings. The topological polar surface area (TPSA) is 55.1 Å².